The van der Waals surface area contributed by atoms with E-state index in [-0.39, 0.29) is 24.5 Å². The first-order valence-corrected chi connectivity index (χ1v) is 5.66. The highest BCUT2D eigenvalue weighted by Gasteiger charge is 2.13. The monoisotopic (exact) mass is 250 g/mol. The van der Waals surface area contributed by atoms with Crippen LogP contribution in [0.3, 0.4) is 0 Å². The van der Waals surface area contributed by atoms with Gasteiger partial charge in [-0.2, -0.15) is 5.26 Å². The summed E-state index contributed by atoms with van der Waals surface area (Å²) < 4.78 is 18.7. The summed E-state index contributed by atoms with van der Waals surface area (Å²) in [7, 11) is 1.55. The lowest BCUT2D eigenvalue weighted by Crippen LogP contribution is -2.25. The SMILES string of the molecule is CCOc1ccc(N(C)C(=O)CCC#N)cc1F. The number of carbonyl (C=O) groups is 1. The van der Waals surface area contributed by atoms with Crippen molar-refractivity contribution < 1.29 is 13.9 Å². The molecule has 0 aliphatic heterocycles. The summed E-state index contributed by atoms with van der Waals surface area (Å²) in [4.78, 5) is 13.0. The quantitative estimate of drug-likeness (QED) is 0.806. The van der Waals surface area contributed by atoms with Crippen LogP contribution in [0.2, 0.25) is 0 Å². The number of halogens is 1. The third-order valence-corrected chi connectivity index (χ3v) is 2.43. The summed E-state index contributed by atoms with van der Waals surface area (Å²) in [5.41, 5.74) is 0.443. The third-order valence-electron chi connectivity index (χ3n) is 2.43. The van der Waals surface area contributed by atoms with Crippen molar-refractivity contribution in [1.82, 2.24) is 0 Å². The normalized spacial score (nSPS) is 9.67. The molecule has 0 bridgehead atoms. The molecule has 0 aromatic heterocycles. The van der Waals surface area contributed by atoms with Gasteiger partial charge in [0.15, 0.2) is 11.6 Å². The zero-order valence-electron chi connectivity index (χ0n) is 10.4. The van der Waals surface area contributed by atoms with E-state index in [0.717, 1.165) is 0 Å². The largest absolute Gasteiger partial charge is 0.491 e. The Morgan fingerprint density at radius 1 is 1.56 bits per heavy atom. The van der Waals surface area contributed by atoms with Gasteiger partial charge in [-0.1, -0.05) is 0 Å². The van der Waals surface area contributed by atoms with Crippen LogP contribution < -0.4 is 9.64 Å². The molecule has 1 aromatic carbocycles. The molecule has 1 aromatic rings. The molecular weight excluding hydrogens is 235 g/mol. The van der Waals surface area contributed by atoms with E-state index in [9.17, 15) is 9.18 Å². The first-order chi connectivity index (χ1) is 8.60. The molecule has 0 saturated carbocycles. The molecule has 4 nitrogen and oxygen atoms in total. The summed E-state index contributed by atoms with van der Waals surface area (Å²) in [6.07, 6.45) is 0.282. The van der Waals surface area contributed by atoms with Crippen molar-refractivity contribution >= 4 is 11.6 Å². The van der Waals surface area contributed by atoms with Gasteiger partial charge in [0.05, 0.1) is 12.7 Å². The van der Waals surface area contributed by atoms with Gasteiger partial charge in [-0.15, -0.1) is 0 Å². The number of hydrogen-bond donors (Lipinski definition) is 0. The van der Waals surface area contributed by atoms with Crippen LogP contribution in [0.4, 0.5) is 10.1 Å². The molecule has 0 heterocycles. The maximum Gasteiger partial charge on any atom is 0.227 e. The Hall–Kier alpha value is -2.09. The van der Waals surface area contributed by atoms with Crippen molar-refractivity contribution in [3.05, 3.63) is 24.0 Å². The predicted octanol–water partition coefficient (Wildman–Crippen LogP) is 2.49. The Morgan fingerprint density at radius 3 is 2.83 bits per heavy atom. The molecule has 0 N–H and O–H groups in total. The maximum atomic E-state index is 13.6. The minimum Gasteiger partial charge on any atom is -0.491 e. The second-order valence-corrected chi connectivity index (χ2v) is 3.66. The Bertz CT molecular complexity index is 469. The standard InChI is InChI=1S/C13H15FN2O2/c1-3-18-12-7-6-10(9-11(12)14)16(2)13(17)5-4-8-15/h6-7,9H,3-5H2,1-2H3. The van der Waals surface area contributed by atoms with Gasteiger partial charge >= 0.3 is 0 Å². The van der Waals surface area contributed by atoms with E-state index in [1.54, 1.807) is 20.0 Å². The fourth-order valence-electron chi connectivity index (χ4n) is 1.45. The molecule has 5 heteroatoms. The molecule has 0 aliphatic carbocycles. The molecular formula is C13H15FN2O2. The Labute approximate surface area is 106 Å². The average Bonchev–Trinajstić information content (AvgIpc) is 2.37. The summed E-state index contributed by atoms with van der Waals surface area (Å²) >= 11 is 0. The van der Waals surface area contributed by atoms with Crippen molar-refractivity contribution in [3.63, 3.8) is 0 Å². The number of carbonyl (C=O) groups excluding carboxylic acids is 1. The highest BCUT2D eigenvalue weighted by molar-refractivity contribution is 5.92. The van der Waals surface area contributed by atoms with Crippen molar-refractivity contribution in [1.29, 1.82) is 5.26 Å². The van der Waals surface area contributed by atoms with E-state index in [0.29, 0.717) is 12.3 Å². The molecule has 0 spiro atoms. The van der Waals surface area contributed by atoms with Gasteiger partial charge < -0.3 is 9.64 Å². The lowest BCUT2D eigenvalue weighted by atomic mass is 10.2. The second kappa shape index (κ2) is 6.60. The van der Waals surface area contributed by atoms with Gasteiger partial charge in [-0.25, -0.2) is 4.39 Å². The molecule has 1 amide bonds. The highest BCUT2D eigenvalue weighted by Crippen LogP contribution is 2.23. The van der Waals surface area contributed by atoms with Crippen LogP contribution in [0, 0.1) is 17.1 Å². The fourth-order valence-corrected chi connectivity index (χ4v) is 1.45. The minimum atomic E-state index is -0.505. The summed E-state index contributed by atoms with van der Waals surface area (Å²) in [6, 6.07) is 6.24. The molecule has 0 saturated heterocycles. The lowest BCUT2D eigenvalue weighted by molar-refractivity contribution is -0.118. The van der Waals surface area contributed by atoms with E-state index >= 15 is 0 Å². The maximum absolute atomic E-state index is 13.6. The Kier molecular flexibility index (Phi) is 5.12. The smallest absolute Gasteiger partial charge is 0.227 e. The molecule has 0 radical (unpaired) electrons. The summed E-state index contributed by atoms with van der Waals surface area (Å²) in [5.74, 6) is -0.562. The Balaban J connectivity index is 2.81. The second-order valence-electron chi connectivity index (χ2n) is 3.66. The van der Waals surface area contributed by atoms with Crippen molar-refractivity contribution in [2.24, 2.45) is 0 Å². The van der Waals surface area contributed by atoms with Crippen LogP contribution in [0.1, 0.15) is 19.8 Å². The number of ether oxygens (including phenoxy) is 1. The molecule has 0 fully saturated rings. The van der Waals surface area contributed by atoms with E-state index < -0.39 is 5.82 Å². The van der Waals surface area contributed by atoms with Crippen molar-refractivity contribution in [2.75, 3.05) is 18.6 Å². The number of benzene rings is 1. The molecule has 0 unspecified atom stereocenters. The first kappa shape index (κ1) is 14.0. The average molecular weight is 250 g/mol. The summed E-state index contributed by atoms with van der Waals surface area (Å²) in [5, 5.41) is 8.41. The first-order valence-electron chi connectivity index (χ1n) is 5.66. The summed E-state index contributed by atoms with van der Waals surface area (Å²) in [6.45, 7) is 2.15. The number of hydrogen-bond acceptors (Lipinski definition) is 3. The van der Waals surface area contributed by atoms with E-state index in [1.165, 1.54) is 17.0 Å². The Morgan fingerprint density at radius 2 is 2.28 bits per heavy atom. The topological polar surface area (TPSA) is 53.3 Å². The van der Waals surface area contributed by atoms with Gasteiger partial charge in [0.2, 0.25) is 5.91 Å². The van der Waals surface area contributed by atoms with Gasteiger partial charge in [0.25, 0.3) is 0 Å². The molecule has 96 valence electrons. The van der Waals surface area contributed by atoms with Crippen LogP contribution in [0.15, 0.2) is 18.2 Å². The fraction of sp³-hybridized carbons (Fsp3) is 0.385. The van der Waals surface area contributed by atoms with Crippen LogP contribution >= 0.6 is 0 Å². The van der Waals surface area contributed by atoms with Crippen LogP contribution in [0.5, 0.6) is 5.75 Å². The van der Waals surface area contributed by atoms with Crippen LogP contribution in [-0.2, 0) is 4.79 Å². The highest BCUT2D eigenvalue weighted by atomic mass is 19.1. The number of anilines is 1. The third kappa shape index (κ3) is 3.45. The molecule has 18 heavy (non-hydrogen) atoms. The van der Waals surface area contributed by atoms with Crippen molar-refractivity contribution in [3.8, 4) is 11.8 Å². The van der Waals surface area contributed by atoms with Crippen LogP contribution in [-0.4, -0.2) is 19.6 Å². The zero-order chi connectivity index (χ0) is 13.5. The molecule has 0 atom stereocenters. The minimum absolute atomic E-state index is 0.127. The van der Waals surface area contributed by atoms with Gasteiger partial charge in [0.1, 0.15) is 0 Å². The molecule has 0 aliphatic rings. The predicted molar refractivity (Wildman–Crippen MR) is 65.8 cm³/mol. The van der Waals surface area contributed by atoms with Crippen LogP contribution in [0.25, 0.3) is 0 Å². The van der Waals surface area contributed by atoms with E-state index in [4.69, 9.17) is 10.00 Å². The van der Waals surface area contributed by atoms with E-state index in [2.05, 4.69) is 0 Å². The van der Waals surface area contributed by atoms with Crippen molar-refractivity contribution in [2.45, 2.75) is 19.8 Å². The lowest BCUT2D eigenvalue weighted by Gasteiger charge is -2.17. The van der Waals surface area contributed by atoms with Gasteiger partial charge in [0, 0.05) is 31.6 Å². The molecule has 1 rings (SSSR count). The zero-order valence-corrected chi connectivity index (χ0v) is 10.4. The van der Waals surface area contributed by atoms with Gasteiger partial charge in [-0.3, -0.25) is 4.79 Å². The van der Waals surface area contributed by atoms with E-state index in [1.807, 2.05) is 6.07 Å². The van der Waals surface area contributed by atoms with Gasteiger partial charge in [-0.05, 0) is 19.1 Å². The number of amides is 1. The number of nitrogens with zero attached hydrogens (tertiary/aromatic N) is 2. The number of nitriles is 1. The number of rotatable bonds is 5.